The fourth-order valence-corrected chi connectivity index (χ4v) is 4.08. The minimum atomic E-state index is -0.225. The Balaban J connectivity index is 1.42. The zero-order valence-corrected chi connectivity index (χ0v) is 16.0. The number of rotatable bonds is 5. The number of anilines is 1. The number of piperazine rings is 1. The molecule has 144 valence electrons. The lowest BCUT2D eigenvalue weighted by atomic mass is 10.1. The first kappa shape index (κ1) is 18.5. The summed E-state index contributed by atoms with van der Waals surface area (Å²) in [7, 11) is 0. The summed E-state index contributed by atoms with van der Waals surface area (Å²) in [6.07, 6.45) is 1.47. The quantitative estimate of drug-likeness (QED) is 0.670. The molecule has 1 aliphatic rings. The van der Waals surface area contributed by atoms with Gasteiger partial charge in [0.05, 0.1) is 5.69 Å². The predicted octanol–water partition coefficient (Wildman–Crippen LogP) is 3.20. The van der Waals surface area contributed by atoms with Crippen molar-refractivity contribution in [3.05, 3.63) is 71.8 Å². The second kappa shape index (κ2) is 8.43. The number of hydrogen-bond acceptors (Lipinski definition) is 5. The molecule has 0 bridgehead atoms. The van der Waals surface area contributed by atoms with E-state index >= 15 is 0 Å². The molecule has 2 heterocycles. The number of H-pyrrole nitrogens is 1. The van der Waals surface area contributed by atoms with Crippen LogP contribution in [-0.4, -0.2) is 52.2 Å². The van der Waals surface area contributed by atoms with Gasteiger partial charge in [-0.15, -0.1) is 0 Å². The maximum Gasteiger partial charge on any atom is 0.254 e. The summed E-state index contributed by atoms with van der Waals surface area (Å²) in [5, 5.41) is 7.38. The third-order valence-corrected chi connectivity index (χ3v) is 5.69. The third-order valence-electron chi connectivity index (χ3n) is 4.77. The maximum absolute atomic E-state index is 14.0. The van der Waals surface area contributed by atoms with Crippen LogP contribution in [-0.2, 0) is 5.75 Å². The van der Waals surface area contributed by atoms with E-state index in [1.807, 2.05) is 40.1 Å². The van der Waals surface area contributed by atoms with Crippen molar-refractivity contribution >= 4 is 23.4 Å². The first-order valence-corrected chi connectivity index (χ1v) is 10.1. The second-order valence-electron chi connectivity index (χ2n) is 6.47. The first-order chi connectivity index (χ1) is 13.7. The van der Waals surface area contributed by atoms with Crippen molar-refractivity contribution in [1.29, 1.82) is 0 Å². The summed E-state index contributed by atoms with van der Waals surface area (Å²) < 4.78 is 14.0. The highest BCUT2D eigenvalue weighted by Crippen LogP contribution is 2.24. The van der Waals surface area contributed by atoms with E-state index in [1.54, 1.807) is 12.1 Å². The molecule has 1 amide bonds. The van der Waals surface area contributed by atoms with Crippen LogP contribution in [0.2, 0.25) is 0 Å². The number of benzene rings is 2. The molecular formula is C20H20FN5OS. The van der Waals surface area contributed by atoms with E-state index in [9.17, 15) is 9.18 Å². The number of halogens is 1. The zero-order chi connectivity index (χ0) is 19.3. The van der Waals surface area contributed by atoms with Gasteiger partial charge in [0.15, 0.2) is 5.16 Å². The average Bonchev–Trinajstić information content (AvgIpc) is 3.26. The average molecular weight is 397 g/mol. The molecule has 1 aliphatic heterocycles. The second-order valence-corrected chi connectivity index (χ2v) is 7.43. The molecule has 0 spiro atoms. The van der Waals surface area contributed by atoms with Crippen molar-refractivity contribution in [3.8, 4) is 0 Å². The van der Waals surface area contributed by atoms with Gasteiger partial charge >= 0.3 is 0 Å². The number of para-hydroxylation sites is 1. The zero-order valence-electron chi connectivity index (χ0n) is 15.2. The summed E-state index contributed by atoms with van der Waals surface area (Å²) in [5.41, 5.74) is 2.26. The van der Waals surface area contributed by atoms with Crippen molar-refractivity contribution < 1.29 is 9.18 Å². The monoisotopic (exact) mass is 397 g/mol. The molecule has 0 radical (unpaired) electrons. The lowest BCUT2D eigenvalue weighted by Crippen LogP contribution is -2.49. The van der Waals surface area contributed by atoms with Gasteiger partial charge in [0.25, 0.3) is 5.91 Å². The molecule has 0 unspecified atom stereocenters. The number of nitrogens with zero attached hydrogens (tertiary/aromatic N) is 4. The van der Waals surface area contributed by atoms with Crippen LogP contribution >= 0.6 is 11.8 Å². The standard InChI is InChI=1S/C20H20FN5OS/c21-17-7-3-4-8-18(17)25-9-11-26(12-10-25)19(27)16-6-2-1-5-15(16)13-28-20-22-14-23-24-20/h1-8,14H,9-13H2,(H,22,23,24). The Bertz CT molecular complexity index is 941. The van der Waals surface area contributed by atoms with Crippen LogP contribution < -0.4 is 4.90 Å². The van der Waals surface area contributed by atoms with Crippen LogP contribution in [0.4, 0.5) is 10.1 Å². The number of nitrogens with one attached hydrogen (secondary N) is 1. The Labute approximate surface area is 166 Å². The van der Waals surface area contributed by atoms with Gasteiger partial charge in [0.2, 0.25) is 0 Å². The number of hydrogen-bond donors (Lipinski definition) is 1. The molecule has 3 aromatic rings. The largest absolute Gasteiger partial charge is 0.366 e. The topological polar surface area (TPSA) is 65.1 Å². The molecule has 4 rings (SSSR count). The molecule has 2 aromatic carbocycles. The number of aromatic nitrogens is 3. The summed E-state index contributed by atoms with van der Waals surface area (Å²) >= 11 is 1.51. The van der Waals surface area contributed by atoms with Crippen LogP contribution in [0.3, 0.4) is 0 Å². The molecule has 1 aromatic heterocycles. The van der Waals surface area contributed by atoms with Gasteiger partial charge in [0.1, 0.15) is 12.1 Å². The van der Waals surface area contributed by atoms with Crippen molar-refractivity contribution in [2.75, 3.05) is 31.1 Å². The lowest BCUT2D eigenvalue weighted by molar-refractivity contribution is 0.0746. The van der Waals surface area contributed by atoms with Crippen molar-refractivity contribution in [2.24, 2.45) is 0 Å². The van der Waals surface area contributed by atoms with Crippen LogP contribution in [0.25, 0.3) is 0 Å². The minimum absolute atomic E-state index is 0.0157. The summed E-state index contributed by atoms with van der Waals surface area (Å²) in [5.74, 6) is 0.422. The number of amides is 1. The van der Waals surface area contributed by atoms with E-state index in [4.69, 9.17) is 0 Å². The molecule has 28 heavy (non-hydrogen) atoms. The van der Waals surface area contributed by atoms with Crippen LogP contribution in [0.5, 0.6) is 0 Å². The third kappa shape index (κ3) is 4.01. The van der Waals surface area contributed by atoms with E-state index in [0.29, 0.717) is 43.2 Å². The Morgan fingerprint density at radius 2 is 1.82 bits per heavy atom. The molecule has 0 saturated carbocycles. The molecule has 0 atom stereocenters. The van der Waals surface area contributed by atoms with Gasteiger partial charge in [0, 0.05) is 37.5 Å². The fraction of sp³-hybridized carbons (Fsp3) is 0.250. The van der Waals surface area contributed by atoms with Crippen molar-refractivity contribution in [3.63, 3.8) is 0 Å². The van der Waals surface area contributed by atoms with Gasteiger partial charge in [-0.05, 0) is 23.8 Å². The fourth-order valence-electron chi connectivity index (χ4n) is 3.29. The van der Waals surface area contributed by atoms with Crippen molar-refractivity contribution in [1.82, 2.24) is 20.1 Å². The van der Waals surface area contributed by atoms with Crippen molar-refractivity contribution in [2.45, 2.75) is 10.9 Å². The molecule has 1 saturated heterocycles. The molecule has 8 heteroatoms. The lowest BCUT2D eigenvalue weighted by Gasteiger charge is -2.36. The van der Waals surface area contributed by atoms with Gasteiger partial charge in [-0.1, -0.05) is 42.1 Å². The van der Waals surface area contributed by atoms with Gasteiger partial charge in [-0.2, -0.15) is 5.10 Å². The maximum atomic E-state index is 14.0. The van der Waals surface area contributed by atoms with Gasteiger partial charge < -0.3 is 9.80 Å². The van der Waals surface area contributed by atoms with E-state index in [0.717, 1.165) is 10.7 Å². The molecule has 1 N–H and O–H groups in total. The highest BCUT2D eigenvalue weighted by atomic mass is 32.2. The Hall–Kier alpha value is -2.87. The highest BCUT2D eigenvalue weighted by molar-refractivity contribution is 7.98. The van der Waals surface area contributed by atoms with Crippen LogP contribution in [0, 0.1) is 5.82 Å². The van der Waals surface area contributed by atoms with Gasteiger partial charge in [-0.25, -0.2) is 9.37 Å². The van der Waals surface area contributed by atoms with E-state index in [2.05, 4.69) is 15.2 Å². The molecular weight excluding hydrogens is 377 g/mol. The highest BCUT2D eigenvalue weighted by Gasteiger charge is 2.24. The van der Waals surface area contributed by atoms with E-state index in [1.165, 1.54) is 24.2 Å². The number of thioether (sulfide) groups is 1. The number of carbonyl (C=O) groups excluding carboxylic acids is 1. The summed E-state index contributed by atoms with van der Waals surface area (Å²) in [6.45, 7) is 2.36. The molecule has 6 nitrogen and oxygen atoms in total. The normalized spacial score (nSPS) is 14.3. The smallest absolute Gasteiger partial charge is 0.254 e. The van der Waals surface area contributed by atoms with Crippen LogP contribution in [0.15, 0.2) is 60.0 Å². The minimum Gasteiger partial charge on any atom is -0.366 e. The predicted molar refractivity (Wildman–Crippen MR) is 107 cm³/mol. The Morgan fingerprint density at radius 1 is 1.07 bits per heavy atom. The Kier molecular flexibility index (Phi) is 5.57. The molecule has 1 fully saturated rings. The van der Waals surface area contributed by atoms with Crippen LogP contribution in [0.1, 0.15) is 15.9 Å². The number of aromatic amines is 1. The summed E-state index contributed by atoms with van der Waals surface area (Å²) in [4.78, 5) is 21.0. The molecule has 0 aliphatic carbocycles. The van der Waals surface area contributed by atoms with E-state index in [-0.39, 0.29) is 11.7 Å². The Morgan fingerprint density at radius 3 is 2.57 bits per heavy atom. The SMILES string of the molecule is O=C(c1ccccc1CSc1ncn[nH]1)N1CCN(c2ccccc2F)CC1. The summed E-state index contributed by atoms with van der Waals surface area (Å²) in [6, 6.07) is 14.4. The van der Waals surface area contributed by atoms with Gasteiger partial charge in [-0.3, -0.25) is 9.89 Å². The van der Waals surface area contributed by atoms with E-state index < -0.39 is 0 Å². The first-order valence-electron chi connectivity index (χ1n) is 9.07. The number of carbonyl (C=O) groups is 1.